The first kappa shape index (κ1) is 13.6. The van der Waals surface area contributed by atoms with Gasteiger partial charge in [0.05, 0.1) is 5.92 Å². The number of hydrogen-bond acceptors (Lipinski definition) is 2. The van der Waals surface area contributed by atoms with E-state index in [1.54, 1.807) is 12.1 Å². The van der Waals surface area contributed by atoms with Gasteiger partial charge in [0, 0.05) is 0 Å². The third kappa shape index (κ3) is 2.11. The van der Waals surface area contributed by atoms with Gasteiger partial charge >= 0.3 is 11.9 Å². The Morgan fingerprint density at radius 1 is 1.32 bits per heavy atom. The van der Waals surface area contributed by atoms with Crippen molar-refractivity contribution in [3.05, 3.63) is 35.4 Å². The number of aliphatic carboxylic acids is 2. The molecule has 0 heterocycles. The SMILES string of the molecule is CCC(C)c1ccc(C2(C(=O)O)CC2C(=O)O)cc1. The van der Waals surface area contributed by atoms with Crippen LogP contribution < -0.4 is 0 Å². The number of carbonyl (C=O) groups is 2. The summed E-state index contributed by atoms with van der Waals surface area (Å²) in [5.74, 6) is -2.46. The lowest BCUT2D eigenvalue weighted by Gasteiger charge is -2.14. The van der Waals surface area contributed by atoms with E-state index in [4.69, 9.17) is 5.11 Å². The van der Waals surface area contributed by atoms with Crippen LogP contribution in [0.25, 0.3) is 0 Å². The highest BCUT2D eigenvalue weighted by molar-refractivity contribution is 5.94. The van der Waals surface area contributed by atoms with Gasteiger partial charge in [-0.05, 0) is 29.9 Å². The minimum absolute atomic E-state index is 0.181. The Kier molecular flexibility index (Phi) is 3.35. The lowest BCUT2D eigenvalue weighted by Crippen LogP contribution is -2.25. The van der Waals surface area contributed by atoms with Crippen molar-refractivity contribution in [3.63, 3.8) is 0 Å². The van der Waals surface area contributed by atoms with Crippen molar-refractivity contribution in [3.8, 4) is 0 Å². The molecule has 1 aliphatic rings. The Balaban J connectivity index is 2.31. The second kappa shape index (κ2) is 4.68. The molecule has 102 valence electrons. The maximum Gasteiger partial charge on any atom is 0.315 e. The Labute approximate surface area is 112 Å². The summed E-state index contributed by atoms with van der Waals surface area (Å²) >= 11 is 0. The van der Waals surface area contributed by atoms with E-state index in [2.05, 4.69) is 13.8 Å². The van der Waals surface area contributed by atoms with Crippen molar-refractivity contribution in [1.29, 1.82) is 0 Å². The summed E-state index contributed by atoms with van der Waals surface area (Å²) in [4.78, 5) is 22.4. The average molecular weight is 262 g/mol. The van der Waals surface area contributed by atoms with Gasteiger partial charge in [0.25, 0.3) is 0 Å². The monoisotopic (exact) mass is 262 g/mol. The van der Waals surface area contributed by atoms with Gasteiger partial charge < -0.3 is 10.2 Å². The molecule has 1 aliphatic carbocycles. The number of carboxylic acid groups (broad SMARTS) is 2. The Hall–Kier alpha value is -1.84. The van der Waals surface area contributed by atoms with Crippen molar-refractivity contribution < 1.29 is 19.8 Å². The van der Waals surface area contributed by atoms with Crippen LogP contribution in [0.1, 0.15) is 43.7 Å². The van der Waals surface area contributed by atoms with E-state index < -0.39 is 23.3 Å². The number of benzene rings is 1. The molecule has 4 nitrogen and oxygen atoms in total. The highest BCUT2D eigenvalue weighted by Gasteiger charge is 2.65. The number of rotatable bonds is 5. The molecule has 3 atom stereocenters. The molecule has 0 spiro atoms. The van der Waals surface area contributed by atoms with Gasteiger partial charge in [-0.2, -0.15) is 0 Å². The first-order chi connectivity index (χ1) is 8.93. The van der Waals surface area contributed by atoms with Gasteiger partial charge in [0.1, 0.15) is 5.41 Å². The van der Waals surface area contributed by atoms with E-state index >= 15 is 0 Å². The van der Waals surface area contributed by atoms with Gasteiger partial charge in [-0.25, -0.2) is 0 Å². The largest absolute Gasteiger partial charge is 0.481 e. The summed E-state index contributed by atoms with van der Waals surface area (Å²) in [6.07, 6.45) is 1.20. The smallest absolute Gasteiger partial charge is 0.315 e. The lowest BCUT2D eigenvalue weighted by molar-refractivity contribution is -0.145. The lowest BCUT2D eigenvalue weighted by atomic mass is 9.90. The third-order valence-electron chi connectivity index (χ3n) is 4.25. The molecule has 0 bridgehead atoms. The fourth-order valence-electron chi connectivity index (χ4n) is 2.58. The fourth-order valence-corrected chi connectivity index (χ4v) is 2.58. The van der Waals surface area contributed by atoms with Gasteiger partial charge in [0.2, 0.25) is 0 Å². The zero-order valence-corrected chi connectivity index (χ0v) is 11.1. The normalized spacial score (nSPS) is 26.7. The van der Waals surface area contributed by atoms with Crippen LogP contribution in [0.4, 0.5) is 0 Å². The molecule has 0 amide bonds. The van der Waals surface area contributed by atoms with E-state index in [0.717, 1.165) is 12.0 Å². The van der Waals surface area contributed by atoms with Crippen LogP contribution >= 0.6 is 0 Å². The van der Waals surface area contributed by atoms with Crippen LogP contribution in [-0.4, -0.2) is 22.2 Å². The van der Waals surface area contributed by atoms with Crippen LogP contribution in [0.5, 0.6) is 0 Å². The van der Waals surface area contributed by atoms with Crippen LogP contribution in [0.3, 0.4) is 0 Å². The fraction of sp³-hybridized carbons (Fsp3) is 0.467. The van der Waals surface area contributed by atoms with Crippen LogP contribution in [0, 0.1) is 5.92 Å². The van der Waals surface area contributed by atoms with Crippen molar-refractivity contribution in [2.24, 2.45) is 5.92 Å². The van der Waals surface area contributed by atoms with E-state index in [-0.39, 0.29) is 6.42 Å². The van der Waals surface area contributed by atoms with Crippen molar-refractivity contribution in [1.82, 2.24) is 0 Å². The topological polar surface area (TPSA) is 74.6 Å². The molecule has 0 aromatic heterocycles. The zero-order chi connectivity index (χ0) is 14.2. The summed E-state index contributed by atoms with van der Waals surface area (Å²) < 4.78 is 0. The zero-order valence-electron chi connectivity index (χ0n) is 11.1. The van der Waals surface area contributed by atoms with E-state index in [1.807, 2.05) is 12.1 Å². The van der Waals surface area contributed by atoms with Crippen molar-refractivity contribution in [2.45, 2.75) is 38.0 Å². The first-order valence-corrected chi connectivity index (χ1v) is 6.50. The molecular weight excluding hydrogens is 244 g/mol. The van der Waals surface area contributed by atoms with Gasteiger partial charge in [-0.15, -0.1) is 0 Å². The molecule has 2 N–H and O–H groups in total. The average Bonchev–Trinajstić information content (AvgIpc) is 3.15. The molecule has 1 aromatic carbocycles. The van der Waals surface area contributed by atoms with Crippen LogP contribution in [0.2, 0.25) is 0 Å². The predicted octanol–water partition coefficient (Wildman–Crippen LogP) is 2.63. The minimum Gasteiger partial charge on any atom is -0.481 e. The molecule has 0 radical (unpaired) electrons. The van der Waals surface area contributed by atoms with E-state index in [0.29, 0.717) is 11.5 Å². The van der Waals surface area contributed by atoms with Crippen molar-refractivity contribution in [2.75, 3.05) is 0 Å². The summed E-state index contributed by atoms with van der Waals surface area (Å²) in [5, 5.41) is 18.4. The molecule has 0 saturated heterocycles. The van der Waals surface area contributed by atoms with Gasteiger partial charge in [0.15, 0.2) is 0 Å². The number of hydrogen-bond donors (Lipinski definition) is 2. The second-order valence-corrected chi connectivity index (χ2v) is 5.30. The quantitative estimate of drug-likeness (QED) is 0.855. The van der Waals surface area contributed by atoms with E-state index in [1.165, 1.54) is 0 Å². The Morgan fingerprint density at radius 2 is 1.89 bits per heavy atom. The highest BCUT2D eigenvalue weighted by Crippen LogP contribution is 2.54. The second-order valence-electron chi connectivity index (χ2n) is 5.30. The number of carboxylic acids is 2. The summed E-state index contributed by atoms with van der Waals surface area (Å²) in [5.41, 5.74) is 0.526. The van der Waals surface area contributed by atoms with Gasteiger partial charge in [-0.1, -0.05) is 38.1 Å². The van der Waals surface area contributed by atoms with Gasteiger partial charge in [-0.3, -0.25) is 9.59 Å². The van der Waals surface area contributed by atoms with Crippen molar-refractivity contribution >= 4 is 11.9 Å². The molecule has 1 fully saturated rings. The standard InChI is InChI=1S/C15H18O4/c1-3-9(2)10-4-6-11(7-5-10)15(14(18)19)8-12(15)13(16)17/h4-7,9,12H,3,8H2,1-2H3,(H,16,17)(H,18,19). The molecule has 1 saturated carbocycles. The van der Waals surface area contributed by atoms with Crippen LogP contribution in [0.15, 0.2) is 24.3 Å². The van der Waals surface area contributed by atoms with E-state index in [9.17, 15) is 14.7 Å². The minimum atomic E-state index is -1.22. The summed E-state index contributed by atoms with van der Waals surface area (Å²) in [6.45, 7) is 4.21. The molecule has 4 heteroatoms. The molecule has 1 aromatic rings. The molecular formula is C15H18O4. The molecule has 0 aliphatic heterocycles. The highest BCUT2D eigenvalue weighted by atomic mass is 16.4. The Morgan fingerprint density at radius 3 is 2.26 bits per heavy atom. The summed E-state index contributed by atoms with van der Waals surface area (Å²) in [7, 11) is 0. The molecule has 3 unspecified atom stereocenters. The maximum atomic E-state index is 11.4. The third-order valence-corrected chi connectivity index (χ3v) is 4.25. The first-order valence-electron chi connectivity index (χ1n) is 6.50. The predicted molar refractivity (Wildman–Crippen MR) is 70.2 cm³/mol. The molecule has 2 rings (SSSR count). The molecule has 19 heavy (non-hydrogen) atoms. The summed E-state index contributed by atoms with van der Waals surface area (Å²) in [6, 6.07) is 7.34. The Bertz CT molecular complexity index is 505. The van der Waals surface area contributed by atoms with Crippen LogP contribution in [-0.2, 0) is 15.0 Å². The maximum absolute atomic E-state index is 11.4.